The van der Waals surface area contributed by atoms with Crippen molar-refractivity contribution in [1.29, 1.82) is 0 Å². The molecule has 0 aliphatic carbocycles. The quantitative estimate of drug-likeness (QED) is 0.0764. The third kappa shape index (κ3) is 21.5. The zero-order valence-corrected chi connectivity index (χ0v) is 46.5. The van der Waals surface area contributed by atoms with E-state index in [-0.39, 0.29) is 17.7 Å². The van der Waals surface area contributed by atoms with Gasteiger partial charge in [-0.15, -0.1) is 0 Å². The molecule has 3 amide bonds. The molecule has 0 saturated heterocycles. The summed E-state index contributed by atoms with van der Waals surface area (Å²) in [4.78, 5) is 44.6. The van der Waals surface area contributed by atoms with Crippen LogP contribution in [0.15, 0.2) is 181 Å². The van der Waals surface area contributed by atoms with E-state index in [1.54, 1.807) is 13.2 Å². The van der Waals surface area contributed by atoms with Crippen molar-refractivity contribution in [2.75, 3.05) is 46.4 Å². The molecule has 0 radical (unpaired) electrons. The van der Waals surface area contributed by atoms with Crippen molar-refractivity contribution in [3.05, 3.63) is 225 Å². The Kier molecular flexibility index (Phi) is 25.1. The molecule has 0 fully saturated rings. The van der Waals surface area contributed by atoms with Crippen LogP contribution in [0.5, 0.6) is 5.75 Å². The van der Waals surface area contributed by atoms with Gasteiger partial charge in [0.15, 0.2) is 0 Å². The van der Waals surface area contributed by atoms with E-state index in [0.717, 1.165) is 48.3 Å². The molecule has 74 heavy (non-hydrogen) atoms. The third-order valence-electron chi connectivity index (χ3n) is 11.8. The SMILES string of the molecule is C/C(=C\c1ccccc1)CN(CC(C)C)C(=O)c1ccc(C)cc1.CCc1ccc(C(=O)N(C/C(C)=C/c2ccccc2)CC(C)C)cc1.COc1cccc(C(=O)N(C/C(C)=C/c2ccccc2)CC(C)C)c1. The minimum absolute atomic E-state index is 0.0356. The van der Waals surface area contributed by atoms with Crippen molar-refractivity contribution in [3.63, 3.8) is 0 Å². The first-order valence-corrected chi connectivity index (χ1v) is 26.3. The predicted octanol–water partition coefficient (Wildman–Crippen LogP) is 15.5. The second kappa shape index (κ2) is 31.4. The Morgan fingerprint density at radius 1 is 0.446 bits per heavy atom. The Balaban J connectivity index is 0.000000240. The van der Waals surface area contributed by atoms with Crippen LogP contribution in [0.2, 0.25) is 0 Å². The standard InChI is InChI=1S/C23H29NO.C22H27NO2.C22H27NO/c1-5-20-11-13-22(14-12-20)23(25)24(16-18(2)3)17-19(4)15-21-9-7-6-8-10-21;1-17(2)15-23(16-18(3)13-19-9-6-5-7-10-19)22(24)20-11-8-12-21(14-20)25-4;1-17(2)15-23(22(24)21-12-10-18(3)11-13-21)16-19(4)14-20-8-6-5-7-9-20/h6-15,18H,5,16-17H2,1-4H3;5-14,17H,15-16H2,1-4H3;5-14,17H,15-16H2,1-4H3/b19-15+;18-13+;19-14+. The van der Waals surface area contributed by atoms with Gasteiger partial charge in [0.25, 0.3) is 17.7 Å². The molecule has 0 spiro atoms. The Hall–Kier alpha value is -7.25. The molecule has 0 aliphatic rings. The van der Waals surface area contributed by atoms with Crippen LogP contribution in [0.25, 0.3) is 18.2 Å². The predicted molar refractivity (Wildman–Crippen MR) is 312 cm³/mol. The molecule has 0 unspecified atom stereocenters. The van der Waals surface area contributed by atoms with E-state index >= 15 is 0 Å². The van der Waals surface area contributed by atoms with Crippen LogP contribution in [0.3, 0.4) is 0 Å². The summed E-state index contributed by atoms with van der Waals surface area (Å²) in [6, 6.07) is 53.8. The monoisotopic (exact) mass is 994 g/mol. The summed E-state index contributed by atoms with van der Waals surface area (Å²) < 4.78 is 5.24. The lowest BCUT2D eigenvalue weighted by atomic mass is 10.1. The van der Waals surface area contributed by atoms with E-state index in [1.807, 2.05) is 143 Å². The van der Waals surface area contributed by atoms with Crippen LogP contribution < -0.4 is 4.74 Å². The number of hydrogen-bond donors (Lipinski definition) is 0. The third-order valence-corrected chi connectivity index (χ3v) is 11.8. The molecule has 0 aromatic heterocycles. The second-order valence-corrected chi connectivity index (χ2v) is 20.6. The van der Waals surface area contributed by atoms with Crippen LogP contribution in [0.4, 0.5) is 0 Å². The summed E-state index contributed by atoms with van der Waals surface area (Å²) in [5, 5.41) is 0. The topological polar surface area (TPSA) is 70.2 Å². The summed E-state index contributed by atoms with van der Waals surface area (Å²) in [7, 11) is 1.61. The van der Waals surface area contributed by atoms with E-state index in [9.17, 15) is 14.4 Å². The highest BCUT2D eigenvalue weighted by molar-refractivity contribution is 5.96. The first-order valence-electron chi connectivity index (χ1n) is 26.3. The van der Waals surface area contributed by atoms with E-state index in [0.29, 0.717) is 48.7 Å². The molecule has 0 heterocycles. The number of ether oxygens (including phenoxy) is 1. The van der Waals surface area contributed by atoms with Crippen LogP contribution >= 0.6 is 0 Å². The molecule has 0 bridgehead atoms. The van der Waals surface area contributed by atoms with Gasteiger partial charge in [-0.1, -0.05) is 210 Å². The van der Waals surface area contributed by atoms with E-state index in [2.05, 4.69) is 124 Å². The lowest BCUT2D eigenvalue weighted by Gasteiger charge is -2.25. The average Bonchev–Trinajstić information content (AvgIpc) is 3.38. The summed E-state index contributed by atoms with van der Waals surface area (Å²) in [6.45, 7) is 27.4. The second-order valence-electron chi connectivity index (χ2n) is 20.6. The van der Waals surface area contributed by atoms with Gasteiger partial charge in [-0.05, 0) is 117 Å². The van der Waals surface area contributed by atoms with Gasteiger partial charge < -0.3 is 19.4 Å². The highest BCUT2D eigenvalue weighted by Gasteiger charge is 2.20. The van der Waals surface area contributed by atoms with Crippen LogP contribution in [0.1, 0.15) is 128 Å². The van der Waals surface area contributed by atoms with Gasteiger partial charge in [-0.2, -0.15) is 0 Å². The Labute approximate surface area is 445 Å². The van der Waals surface area contributed by atoms with E-state index < -0.39 is 0 Å². The number of aryl methyl sites for hydroxylation is 2. The maximum absolute atomic E-state index is 13.0. The molecule has 7 heteroatoms. The molecule has 390 valence electrons. The molecule has 7 nitrogen and oxygen atoms in total. The van der Waals surface area contributed by atoms with Crippen molar-refractivity contribution >= 4 is 35.9 Å². The molecule has 0 saturated carbocycles. The van der Waals surface area contributed by atoms with E-state index in [1.165, 1.54) is 33.4 Å². The van der Waals surface area contributed by atoms with Crippen LogP contribution in [-0.2, 0) is 6.42 Å². The molecule has 0 atom stereocenters. The first kappa shape index (κ1) is 59.3. The fourth-order valence-corrected chi connectivity index (χ4v) is 8.40. The summed E-state index contributed by atoms with van der Waals surface area (Å²) in [6.07, 6.45) is 7.42. The van der Waals surface area contributed by atoms with Crippen LogP contribution in [0, 0.1) is 24.7 Å². The zero-order chi connectivity index (χ0) is 54.0. The van der Waals surface area contributed by atoms with Crippen LogP contribution in [-0.4, -0.2) is 78.8 Å². The Morgan fingerprint density at radius 3 is 1.11 bits per heavy atom. The molecule has 6 aromatic rings. The maximum Gasteiger partial charge on any atom is 0.254 e. The summed E-state index contributed by atoms with van der Waals surface area (Å²) in [5.41, 5.74) is 11.6. The molecule has 6 aromatic carbocycles. The molecular formula is C67H83N3O4. The number of nitrogens with zero attached hydrogens (tertiary/aromatic N) is 3. The number of rotatable bonds is 20. The van der Waals surface area contributed by atoms with Crippen molar-refractivity contribution in [2.45, 2.75) is 82.6 Å². The molecule has 6 rings (SSSR count). The fraction of sp³-hybridized carbons (Fsp3) is 0.328. The first-order chi connectivity index (χ1) is 35.4. The van der Waals surface area contributed by atoms with Gasteiger partial charge in [-0.25, -0.2) is 0 Å². The number of methoxy groups -OCH3 is 1. The number of hydrogen-bond acceptors (Lipinski definition) is 4. The molecular weight excluding hydrogens is 911 g/mol. The average molecular weight is 994 g/mol. The highest BCUT2D eigenvalue weighted by Crippen LogP contribution is 2.19. The Morgan fingerprint density at radius 2 is 0.784 bits per heavy atom. The van der Waals surface area contributed by atoms with Crippen molar-refractivity contribution in [2.24, 2.45) is 17.8 Å². The van der Waals surface area contributed by atoms with Gasteiger partial charge in [0, 0.05) is 56.0 Å². The van der Waals surface area contributed by atoms with Gasteiger partial charge in [0.05, 0.1) is 7.11 Å². The van der Waals surface area contributed by atoms with Gasteiger partial charge >= 0.3 is 0 Å². The van der Waals surface area contributed by atoms with Crippen molar-refractivity contribution in [3.8, 4) is 5.75 Å². The van der Waals surface area contributed by atoms with E-state index in [4.69, 9.17) is 4.74 Å². The van der Waals surface area contributed by atoms with Crippen molar-refractivity contribution in [1.82, 2.24) is 14.7 Å². The maximum atomic E-state index is 13.0. The Bertz CT molecular complexity index is 2700. The fourth-order valence-electron chi connectivity index (χ4n) is 8.40. The van der Waals surface area contributed by atoms with Gasteiger partial charge in [0.2, 0.25) is 0 Å². The van der Waals surface area contributed by atoms with Gasteiger partial charge in [-0.3, -0.25) is 14.4 Å². The molecule has 0 aliphatic heterocycles. The lowest BCUT2D eigenvalue weighted by molar-refractivity contribution is 0.0745. The van der Waals surface area contributed by atoms with Gasteiger partial charge in [0.1, 0.15) is 5.75 Å². The lowest BCUT2D eigenvalue weighted by Crippen LogP contribution is -2.35. The largest absolute Gasteiger partial charge is 0.497 e. The number of carbonyl (C=O) groups is 3. The summed E-state index contributed by atoms with van der Waals surface area (Å²) >= 11 is 0. The summed E-state index contributed by atoms with van der Waals surface area (Å²) in [5.74, 6) is 2.22. The smallest absolute Gasteiger partial charge is 0.254 e. The van der Waals surface area contributed by atoms with Crippen molar-refractivity contribution < 1.29 is 19.1 Å². The zero-order valence-electron chi connectivity index (χ0n) is 46.5. The highest BCUT2D eigenvalue weighted by atomic mass is 16.5. The number of amides is 3. The molecule has 0 N–H and O–H groups in total. The normalized spacial score (nSPS) is 11.6. The minimum Gasteiger partial charge on any atom is -0.497 e. The number of carbonyl (C=O) groups excluding carboxylic acids is 3. The minimum atomic E-state index is 0.0356. The number of benzene rings is 6.